The minimum absolute atomic E-state index is 0.0141. The molecule has 0 fully saturated rings. The first-order valence-electron chi connectivity index (χ1n) is 9.07. The number of ether oxygens (including phenoxy) is 1. The normalized spacial score (nSPS) is 15.6. The van der Waals surface area contributed by atoms with Crippen LogP contribution in [0.15, 0.2) is 28.1 Å². The minimum Gasteiger partial charge on any atom is -0.447 e. The van der Waals surface area contributed by atoms with Crippen LogP contribution in [0.3, 0.4) is 0 Å². The fraction of sp³-hybridized carbons (Fsp3) is 0.350. The van der Waals surface area contributed by atoms with Crippen LogP contribution in [0.5, 0.6) is 0 Å². The van der Waals surface area contributed by atoms with Gasteiger partial charge < -0.3 is 14.6 Å². The molecule has 2 aromatic heterocycles. The lowest BCUT2D eigenvalue weighted by Crippen LogP contribution is -2.37. The standard InChI is InChI=1S/C20H19BrN4O2S/c1-11(2)27-20(26)23-13-6-16-15-5-12(9-22)3-4-17(15)25(18(16)7-13)10-14-8-19(21)28-24-14/h3-5,8,11,13H,6-7,10H2,1-2H3,(H,23,26)/t13-/m0/s1. The maximum atomic E-state index is 12.0. The van der Waals surface area contributed by atoms with E-state index in [1.165, 1.54) is 22.8 Å². The summed E-state index contributed by atoms with van der Waals surface area (Å²) in [4.78, 5) is 12.0. The van der Waals surface area contributed by atoms with E-state index in [-0.39, 0.29) is 18.2 Å². The first-order valence-corrected chi connectivity index (χ1v) is 10.6. The number of benzene rings is 1. The largest absolute Gasteiger partial charge is 0.447 e. The zero-order valence-corrected chi connectivity index (χ0v) is 17.9. The lowest BCUT2D eigenvalue weighted by Gasteiger charge is -2.15. The molecule has 0 unspecified atom stereocenters. The second-order valence-corrected chi connectivity index (χ2v) is 9.37. The van der Waals surface area contributed by atoms with E-state index in [0.29, 0.717) is 12.1 Å². The van der Waals surface area contributed by atoms with Gasteiger partial charge in [0.2, 0.25) is 0 Å². The molecule has 0 spiro atoms. The maximum absolute atomic E-state index is 12.0. The third-order valence-corrected chi connectivity index (χ3v) is 6.10. The van der Waals surface area contributed by atoms with Gasteiger partial charge in [0.25, 0.3) is 0 Å². The summed E-state index contributed by atoms with van der Waals surface area (Å²) in [5.41, 5.74) is 5.09. The Morgan fingerprint density at radius 3 is 2.96 bits per heavy atom. The highest BCUT2D eigenvalue weighted by atomic mass is 79.9. The highest BCUT2D eigenvalue weighted by Gasteiger charge is 2.30. The zero-order chi connectivity index (χ0) is 19.8. The molecule has 0 aliphatic heterocycles. The number of hydrogen-bond acceptors (Lipinski definition) is 5. The molecular formula is C20H19BrN4O2S. The van der Waals surface area contributed by atoms with E-state index >= 15 is 0 Å². The zero-order valence-electron chi connectivity index (χ0n) is 15.5. The Kier molecular flexibility index (Phi) is 5.13. The van der Waals surface area contributed by atoms with Crippen molar-refractivity contribution in [3.05, 3.63) is 50.6 Å². The predicted molar refractivity (Wildman–Crippen MR) is 112 cm³/mol. The number of alkyl carbamates (subject to hydrolysis) is 1. The average Bonchev–Trinajstić information content (AvgIpc) is 3.30. The molecule has 0 saturated carbocycles. The molecule has 1 N–H and O–H groups in total. The molecular weight excluding hydrogens is 440 g/mol. The van der Waals surface area contributed by atoms with Gasteiger partial charge in [-0.2, -0.15) is 9.64 Å². The summed E-state index contributed by atoms with van der Waals surface area (Å²) in [6.45, 7) is 4.32. The van der Waals surface area contributed by atoms with Crippen LogP contribution in [0.4, 0.5) is 4.79 Å². The third kappa shape index (κ3) is 3.64. The van der Waals surface area contributed by atoms with Crippen LogP contribution in [-0.4, -0.2) is 27.2 Å². The molecule has 4 rings (SSSR count). The summed E-state index contributed by atoms with van der Waals surface area (Å²) in [6, 6.07) is 10.0. The number of nitrogens with zero attached hydrogens (tertiary/aromatic N) is 3. The number of amides is 1. The van der Waals surface area contributed by atoms with Crippen molar-refractivity contribution >= 4 is 44.5 Å². The number of rotatable bonds is 4. The SMILES string of the molecule is CC(C)OC(=O)N[C@H]1Cc2c(n(Cc3cc(Br)sn3)c3ccc(C#N)cc23)C1. The molecule has 8 heteroatoms. The number of nitrogens with one attached hydrogen (secondary N) is 1. The van der Waals surface area contributed by atoms with Crippen LogP contribution in [0.1, 0.15) is 36.4 Å². The summed E-state index contributed by atoms with van der Waals surface area (Å²) < 4.78 is 13.0. The van der Waals surface area contributed by atoms with E-state index in [1.807, 2.05) is 38.1 Å². The van der Waals surface area contributed by atoms with Crippen molar-refractivity contribution in [2.75, 3.05) is 0 Å². The molecule has 1 aromatic carbocycles. The first kappa shape index (κ1) is 19.0. The van der Waals surface area contributed by atoms with Crippen molar-refractivity contribution in [1.82, 2.24) is 14.3 Å². The van der Waals surface area contributed by atoms with Crippen molar-refractivity contribution in [2.24, 2.45) is 0 Å². The van der Waals surface area contributed by atoms with Crippen molar-refractivity contribution < 1.29 is 9.53 Å². The summed E-state index contributed by atoms with van der Waals surface area (Å²) in [5.74, 6) is 0. The van der Waals surface area contributed by atoms with E-state index in [1.54, 1.807) is 0 Å². The quantitative estimate of drug-likeness (QED) is 0.628. The topological polar surface area (TPSA) is 79.9 Å². The number of halogens is 1. The molecule has 3 aromatic rings. The van der Waals surface area contributed by atoms with Gasteiger partial charge in [-0.15, -0.1) is 0 Å². The number of aromatic nitrogens is 2. The van der Waals surface area contributed by atoms with Gasteiger partial charge in [0.05, 0.1) is 33.8 Å². The summed E-state index contributed by atoms with van der Waals surface area (Å²) in [5, 5.41) is 13.3. The van der Waals surface area contributed by atoms with E-state index in [9.17, 15) is 10.1 Å². The molecule has 0 saturated heterocycles. The molecule has 2 heterocycles. The van der Waals surface area contributed by atoms with Gasteiger partial charge in [-0.25, -0.2) is 4.79 Å². The monoisotopic (exact) mass is 458 g/mol. The number of fused-ring (bicyclic) bond motifs is 3. The lowest BCUT2D eigenvalue weighted by molar-refractivity contribution is 0.112. The predicted octanol–water partition coefficient (Wildman–Crippen LogP) is 4.38. The van der Waals surface area contributed by atoms with Crippen LogP contribution >= 0.6 is 27.5 Å². The van der Waals surface area contributed by atoms with Crippen molar-refractivity contribution in [1.29, 1.82) is 5.26 Å². The van der Waals surface area contributed by atoms with E-state index in [4.69, 9.17) is 4.74 Å². The summed E-state index contributed by atoms with van der Waals surface area (Å²) in [6.07, 6.45) is 0.911. The molecule has 0 radical (unpaired) electrons. The van der Waals surface area contributed by atoms with Crippen LogP contribution in [0.25, 0.3) is 10.9 Å². The second-order valence-electron chi connectivity index (χ2n) is 7.18. The number of hydrogen-bond donors (Lipinski definition) is 1. The molecule has 144 valence electrons. The van der Waals surface area contributed by atoms with Crippen molar-refractivity contribution in [3.63, 3.8) is 0 Å². The van der Waals surface area contributed by atoms with E-state index in [0.717, 1.165) is 33.2 Å². The van der Waals surface area contributed by atoms with Crippen LogP contribution in [-0.2, 0) is 24.1 Å². The highest BCUT2D eigenvalue weighted by Crippen LogP contribution is 2.35. The van der Waals surface area contributed by atoms with Gasteiger partial charge >= 0.3 is 6.09 Å². The molecule has 1 aliphatic carbocycles. The Hall–Kier alpha value is -2.37. The van der Waals surface area contributed by atoms with Gasteiger partial charge in [-0.3, -0.25) is 0 Å². The van der Waals surface area contributed by atoms with E-state index in [2.05, 4.69) is 36.3 Å². The Bertz CT molecular complexity index is 1100. The number of nitriles is 1. The average molecular weight is 459 g/mol. The van der Waals surface area contributed by atoms with Crippen LogP contribution in [0, 0.1) is 11.3 Å². The maximum Gasteiger partial charge on any atom is 0.407 e. The molecule has 0 bridgehead atoms. The Labute approximate surface area is 175 Å². The Morgan fingerprint density at radius 1 is 1.46 bits per heavy atom. The van der Waals surface area contributed by atoms with Crippen molar-refractivity contribution in [3.8, 4) is 6.07 Å². The van der Waals surface area contributed by atoms with Gasteiger partial charge in [-0.1, -0.05) is 0 Å². The molecule has 6 nitrogen and oxygen atoms in total. The molecule has 1 atom stereocenters. The van der Waals surface area contributed by atoms with Crippen LogP contribution in [0.2, 0.25) is 0 Å². The van der Waals surface area contributed by atoms with Gasteiger partial charge in [0.15, 0.2) is 0 Å². The van der Waals surface area contributed by atoms with Gasteiger partial charge in [-0.05, 0) is 77.6 Å². The fourth-order valence-corrected chi connectivity index (χ4v) is 4.76. The summed E-state index contributed by atoms with van der Waals surface area (Å²) in [7, 11) is 0. The molecule has 28 heavy (non-hydrogen) atoms. The fourth-order valence-electron chi connectivity index (χ4n) is 3.78. The smallest absolute Gasteiger partial charge is 0.407 e. The minimum atomic E-state index is -0.387. The number of carbonyl (C=O) groups excluding carboxylic acids is 1. The summed E-state index contributed by atoms with van der Waals surface area (Å²) >= 11 is 4.90. The van der Waals surface area contributed by atoms with E-state index < -0.39 is 0 Å². The lowest BCUT2D eigenvalue weighted by atomic mass is 10.1. The van der Waals surface area contributed by atoms with Crippen molar-refractivity contribution in [2.45, 2.75) is 45.4 Å². The first-order chi connectivity index (χ1) is 13.4. The molecule has 1 aliphatic rings. The highest BCUT2D eigenvalue weighted by molar-refractivity contribution is 9.11. The Balaban J connectivity index is 1.69. The molecule has 1 amide bonds. The number of carbonyl (C=O) groups is 1. The van der Waals surface area contributed by atoms with Crippen LogP contribution < -0.4 is 5.32 Å². The second kappa shape index (κ2) is 7.57. The van der Waals surface area contributed by atoms with Gasteiger partial charge in [0.1, 0.15) is 0 Å². The Morgan fingerprint density at radius 2 is 2.29 bits per heavy atom. The van der Waals surface area contributed by atoms with Gasteiger partial charge in [0, 0.05) is 29.1 Å². The third-order valence-electron chi connectivity index (χ3n) is 4.82.